The third-order valence-electron chi connectivity index (χ3n) is 2.84. The standard InChI is InChI=1S/C11H21NO6S/c1-6(14)12-8-10(16)9(15)7(5-13)18-11(8)17-3-2-4-19/h7-11,13,15-16,19H,2-5H2,1H3,(H,12,14)/t7-,8-,9-,10-,11-/m1/s1. The quantitative estimate of drug-likeness (QED) is 0.294. The molecule has 1 amide bonds. The van der Waals surface area contributed by atoms with Crippen LogP contribution in [-0.4, -0.2) is 70.8 Å². The summed E-state index contributed by atoms with van der Waals surface area (Å²) in [5, 5.41) is 31.3. The second kappa shape index (κ2) is 8.03. The van der Waals surface area contributed by atoms with Gasteiger partial charge in [-0.05, 0) is 12.2 Å². The molecule has 19 heavy (non-hydrogen) atoms. The fourth-order valence-electron chi connectivity index (χ4n) is 1.88. The van der Waals surface area contributed by atoms with Crippen molar-refractivity contribution in [2.24, 2.45) is 0 Å². The van der Waals surface area contributed by atoms with Crippen molar-refractivity contribution in [1.82, 2.24) is 5.32 Å². The predicted octanol–water partition coefficient (Wildman–Crippen LogP) is -1.73. The maximum atomic E-state index is 11.1. The molecule has 4 N–H and O–H groups in total. The normalized spacial score (nSPS) is 35.1. The third kappa shape index (κ3) is 4.59. The summed E-state index contributed by atoms with van der Waals surface area (Å²) >= 11 is 4.04. The molecule has 0 saturated carbocycles. The SMILES string of the molecule is CC(=O)N[C@H]1[C@H](OCCCS)O[C@H](CO)[C@@H](O)[C@@H]1O. The first kappa shape index (κ1) is 16.7. The van der Waals surface area contributed by atoms with Crippen LogP contribution in [0.4, 0.5) is 0 Å². The van der Waals surface area contributed by atoms with Crippen LogP contribution in [0.2, 0.25) is 0 Å². The second-order valence-electron chi connectivity index (χ2n) is 4.38. The minimum Gasteiger partial charge on any atom is -0.394 e. The van der Waals surface area contributed by atoms with Crippen LogP contribution in [0, 0.1) is 0 Å². The maximum Gasteiger partial charge on any atom is 0.217 e. The average molecular weight is 295 g/mol. The topological polar surface area (TPSA) is 108 Å². The van der Waals surface area contributed by atoms with Crippen LogP contribution in [0.3, 0.4) is 0 Å². The van der Waals surface area contributed by atoms with E-state index in [1.807, 2.05) is 0 Å². The number of hydrogen-bond donors (Lipinski definition) is 5. The Hall–Kier alpha value is -0.380. The fourth-order valence-corrected chi connectivity index (χ4v) is 2.01. The Labute approximate surface area is 117 Å². The zero-order chi connectivity index (χ0) is 14.4. The molecule has 0 aromatic heterocycles. The van der Waals surface area contributed by atoms with Crippen LogP contribution in [0.5, 0.6) is 0 Å². The third-order valence-corrected chi connectivity index (χ3v) is 3.15. The van der Waals surface area contributed by atoms with Crippen LogP contribution in [0.25, 0.3) is 0 Å². The van der Waals surface area contributed by atoms with E-state index in [1.165, 1.54) is 6.92 Å². The molecule has 0 aromatic carbocycles. The number of carbonyl (C=O) groups is 1. The number of aliphatic hydroxyl groups is 3. The highest BCUT2D eigenvalue weighted by Crippen LogP contribution is 2.22. The first-order valence-corrected chi connectivity index (χ1v) is 6.76. The molecule has 5 atom stereocenters. The molecule has 1 saturated heterocycles. The van der Waals surface area contributed by atoms with Crippen LogP contribution >= 0.6 is 12.6 Å². The molecule has 8 heteroatoms. The summed E-state index contributed by atoms with van der Waals surface area (Å²) in [6, 6.07) is -0.879. The fraction of sp³-hybridized carbons (Fsp3) is 0.909. The largest absolute Gasteiger partial charge is 0.394 e. The van der Waals surface area contributed by atoms with Crippen LogP contribution in [0.1, 0.15) is 13.3 Å². The molecule has 0 aromatic rings. The van der Waals surface area contributed by atoms with Gasteiger partial charge in [-0.3, -0.25) is 4.79 Å². The van der Waals surface area contributed by atoms with Crippen molar-refractivity contribution >= 4 is 18.5 Å². The molecule has 1 fully saturated rings. The molecule has 112 valence electrons. The first-order valence-electron chi connectivity index (χ1n) is 6.13. The summed E-state index contributed by atoms with van der Waals surface area (Å²) in [4.78, 5) is 11.1. The van der Waals surface area contributed by atoms with Gasteiger partial charge in [0.1, 0.15) is 24.4 Å². The molecule has 1 aliphatic heterocycles. The number of amides is 1. The second-order valence-corrected chi connectivity index (χ2v) is 4.83. The van der Waals surface area contributed by atoms with Crippen molar-refractivity contribution in [3.8, 4) is 0 Å². The van der Waals surface area contributed by atoms with Gasteiger partial charge in [-0.2, -0.15) is 12.6 Å². The molecule has 0 aliphatic carbocycles. The summed E-state index contributed by atoms with van der Waals surface area (Å²) in [7, 11) is 0. The van der Waals surface area contributed by atoms with Crippen molar-refractivity contribution < 1.29 is 29.6 Å². The lowest BCUT2D eigenvalue weighted by Crippen LogP contribution is -2.64. The van der Waals surface area contributed by atoms with E-state index in [9.17, 15) is 15.0 Å². The van der Waals surface area contributed by atoms with Crippen molar-refractivity contribution in [3.63, 3.8) is 0 Å². The van der Waals surface area contributed by atoms with Crippen LogP contribution in [-0.2, 0) is 14.3 Å². The van der Waals surface area contributed by atoms with Crippen LogP contribution in [0.15, 0.2) is 0 Å². The van der Waals surface area contributed by atoms with Gasteiger partial charge in [0.15, 0.2) is 6.29 Å². The molecule has 1 heterocycles. The summed E-state index contributed by atoms with van der Waals surface area (Å²) in [6.45, 7) is 1.19. The lowest BCUT2D eigenvalue weighted by atomic mass is 9.97. The first-order chi connectivity index (χ1) is 9.01. The predicted molar refractivity (Wildman–Crippen MR) is 69.8 cm³/mol. The van der Waals surface area contributed by atoms with Crippen molar-refractivity contribution in [2.75, 3.05) is 19.0 Å². The highest BCUT2D eigenvalue weighted by Gasteiger charge is 2.45. The molecule has 1 aliphatic rings. The van der Waals surface area contributed by atoms with Crippen molar-refractivity contribution in [1.29, 1.82) is 0 Å². The van der Waals surface area contributed by atoms with Gasteiger partial charge in [0.2, 0.25) is 5.91 Å². The molecular weight excluding hydrogens is 274 g/mol. The zero-order valence-electron chi connectivity index (χ0n) is 10.7. The lowest BCUT2D eigenvalue weighted by Gasteiger charge is -2.42. The average Bonchev–Trinajstić information content (AvgIpc) is 2.37. The Balaban J connectivity index is 2.71. The van der Waals surface area contributed by atoms with E-state index >= 15 is 0 Å². The lowest BCUT2D eigenvalue weighted by molar-refractivity contribution is -0.270. The number of aliphatic hydroxyl groups excluding tert-OH is 3. The van der Waals surface area contributed by atoms with Crippen LogP contribution < -0.4 is 5.32 Å². The van der Waals surface area contributed by atoms with E-state index < -0.39 is 37.3 Å². The molecule has 0 spiro atoms. The van der Waals surface area contributed by atoms with Gasteiger partial charge >= 0.3 is 0 Å². The van der Waals surface area contributed by atoms with Crippen molar-refractivity contribution in [3.05, 3.63) is 0 Å². The highest BCUT2D eigenvalue weighted by molar-refractivity contribution is 7.80. The molecule has 0 radical (unpaired) electrons. The van der Waals surface area contributed by atoms with E-state index in [0.29, 0.717) is 18.8 Å². The molecule has 0 unspecified atom stereocenters. The van der Waals surface area contributed by atoms with Gasteiger partial charge in [0.05, 0.1) is 13.2 Å². The highest BCUT2D eigenvalue weighted by atomic mass is 32.1. The Bertz CT molecular complexity index is 292. The van der Waals surface area contributed by atoms with Gasteiger partial charge in [-0.25, -0.2) is 0 Å². The number of ether oxygens (including phenoxy) is 2. The zero-order valence-corrected chi connectivity index (χ0v) is 11.6. The van der Waals surface area contributed by atoms with E-state index in [-0.39, 0.29) is 5.91 Å². The minimum absolute atomic E-state index is 0.339. The number of rotatable bonds is 6. The number of carbonyl (C=O) groups excluding carboxylic acids is 1. The smallest absolute Gasteiger partial charge is 0.217 e. The van der Waals surface area contributed by atoms with E-state index in [2.05, 4.69) is 17.9 Å². The number of thiol groups is 1. The van der Waals surface area contributed by atoms with Gasteiger partial charge in [0.25, 0.3) is 0 Å². The van der Waals surface area contributed by atoms with E-state index in [0.717, 1.165) is 0 Å². The monoisotopic (exact) mass is 295 g/mol. The minimum atomic E-state index is -1.29. The summed E-state index contributed by atoms with van der Waals surface area (Å²) in [6.07, 6.45) is -3.74. The van der Waals surface area contributed by atoms with Gasteiger partial charge < -0.3 is 30.1 Å². The Morgan fingerprint density at radius 1 is 1.42 bits per heavy atom. The Morgan fingerprint density at radius 2 is 2.11 bits per heavy atom. The number of hydrogen-bond acceptors (Lipinski definition) is 7. The molecule has 7 nitrogen and oxygen atoms in total. The Kier molecular flexibility index (Phi) is 7.05. The maximum absolute atomic E-state index is 11.1. The Morgan fingerprint density at radius 3 is 2.63 bits per heavy atom. The molecular formula is C11H21NO6S. The van der Waals surface area contributed by atoms with Gasteiger partial charge in [-0.15, -0.1) is 0 Å². The summed E-state index contributed by atoms with van der Waals surface area (Å²) in [5.41, 5.74) is 0. The van der Waals surface area contributed by atoms with E-state index in [4.69, 9.17) is 14.6 Å². The van der Waals surface area contributed by atoms with Gasteiger partial charge in [-0.1, -0.05) is 0 Å². The summed E-state index contributed by atoms with van der Waals surface area (Å²) < 4.78 is 10.8. The van der Waals surface area contributed by atoms with Gasteiger partial charge in [0, 0.05) is 6.92 Å². The number of nitrogens with one attached hydrogen (secondary N) is 1. The summed E-state index contributed by atoms with van der Waals surface area (Å²) in [5.74, 6) is 0.261. The molecule has 1 rings (SSSR count). The van der Waals surface area contributed by atoms with Crippen molar-refractivity contribution in [2.45, 2.75) is 44.0 Å². The van der Waals surface area contributed by atoms with E-state index in [1.54, 1.807) is 0 Å². The molecule has 0 bridgehead atoms.